The summed E-state index contributed by atoms with van der Waals surface area (Å²) in [5.74, 6) is -4.38. The Labute approximate surface area is 217 Å². The van der Waals surface area contributed by atoms with Crippen molar-refractivity contribution >= 4 is 34.8 Å². The first-order valence-corrected chi connectivity index (χ1v) is 12.3. The number of carbonyl (C=O) groups is 2. The van der Waals surface area contributed by atoms with Crippen LogP contribution in [0, 0.1) is 6.92 Å². The zero-order chi connectivity index (χ0) is 26.5. The molecule has 2 N–H and O–H groups in total. The van der Waals surface area contributed by atoms with Crippen molar-refractivity contribution in [2.24, 2.45) is 0 Å². The topological polar surface area (TPSA) is 81.1 Å². The predicted molar refractivity (Wildman–Crippen MR) is 137 cm³/mol. The molecule has 2 aliphatic heterocycles. The number of alkyl halides is 2. The van der Waals surface area contributed by atoms with Gasteiger partial charge in [-0.3, -0.25) is 9.59 Å². The number of rotatable bonds is 3. The second-order valence-electron chi connectivity index (χ2n) is 9.45. The van der Waals surface area contributed by atoms with Gasteiger partial charge in [0.2, 0.25) is 0 Å². The molecular formula is C28H25ClF2N2O4. The molecule has 2 amide bonds. The highest BCUT2D eigenvalue weighted by molar-refractivity contribution is 6.30. The number of aryl methyl sites for hydroxylation is 1. The molecular weight excluding hydrogens is 502 g/mol. The molecule has 0 aromatic heterocycles. The van der Waals surface area contributed by atoms with E-state index in [4.69, 9.17) is 11.6 Å². The summed E-state index contributed by atoms with van der Waals surface area (Å²) >= 11 is 6.02. The van der Waals surface area contributed by atoms with Crippen LogP contribution in [-0.4, -0.2) is 47.6 Å². The van der Waals surface area contributed by atoms with Gasteiger partial charge in [0, 0.05) is 46.9 Å². The van der Waals surface area contributed by atoms with Gasteiger partial charge in [-0.2, -0.15) is 0 Å². The number of anilines is 2. The molecule has 0 radical (unpaired) electrons. The van der Waals surface area contributed by atoms with Gasteiger partial charge in [-0.25, -0.2) is 8.78 Å². The van der Waals surface area contributed by atoms with Crippen LogP contribution < -0.4 is 9.80 Å². The zero-order valence-electron chi connectivity index (χ0n) is 20.0. The Kier molecular flexibility index (Phi) is 6.30. The number of fused-ring (bicyclic) bond motifs is 2. The molecule has 0 saturated heterocycles. The second-order valence-corrected chi connectivity index (χ2v) is 9.88. The van der Waals surface area contributed by atoms with E-state index in [1.807, 2.05) is 19.1 Å². The normalized spacial score (nSPS) is 20.8. The van der Waals surface area contributed by atoms with Crippen LogP contribution in [0.4, 0.5) is 20.2 Å². The van der Waals surface area contributed by atoms with Crippen LogP contribution in [0.15, 0.2) is 60.7 Å². The third kappa shape index (κ3) is 4.09. The first kappa shape index (κ1) is 25.3. The van der Waals surface area contributed by atoms with Gasteiger partial charge < -0.3 is 20.0 Å². The molecule has 3 aromatic rings. The molecule has 3 aromatic carbocycles. The third-order valence-corrected chi connectivity index (χ3v) is 7.56. The molecule has 0 unspecified atom stereocenters. The predicted octanol–water partition coefficient (Wildman–Crippen LogP) is 4.72. The lowest BCUT2D eigenvalue weighted by molar-refractivity contribution is -0.205. The fourth-order valence-corrected chi connectivity index (χ4v) is 5.33. The number of hydrogen-bond acceptors (Lipinski definition) is 4. The number of aliphatic hydroxyl groups excluding tert-OH is 1. The summed E-state index contributed by atoms with van der Waals surface area (Å²) in [7, 11) is 0. The molecule has 0 fully saturated rings. The summed E-state index contributed by atoms with van der Waals surface area (Å²) in [4.78, 5) is 29.4. The fraction of sp³-hybridized carbons (Fsp3) is 0.286. The van der Waals surface area contributed by atoms with E-state index in [1.165, 1.54) is 12.1 Å². The Morgan fingerprint density at radius 3 is 2.51 bits per heavy atom. The third-order valence-electron chi connectivity index (χ3n) is 7.32. The van der Waals surface area contributed by atoms with Gasteiger partial charge >= 0.3 is 0 Å². The molecule has 2 heterocycles. The molecule has 1 atom stereocenters. The number of halogens is 3. The van der Waals surface area contributed by atoms with E-state index >= 15 is 0 Å². The van der Waals surface area contributed by atoms with Crippen LogP contribution in [0.25, 0.3) is 0 Å². The van der Waals surface area contributed by atoms with Crippen LogP contribution >= 0.6 is 11.6 Å². The second kappa shape index (κ2) is 9.20. The highest BCUT2D eigenvalue weighted by Crippen LogP contribution is 2.47. The highest BCUT2D eigenvalue weighted by atomic mass is 35.5. The SMILES string of the molecule is Cc1cccc2c1CCN(c1ccc(C(=O)N3CCC(F)(F)[C@](O)(CO)c4cc(Cl)ccc43)cc1)C2=O. The summed E-state index contributed by atoms with van der Waals surface area (Å²) in [5, 5.41) is 20.6. The smallest absolute Gasteiger partial charge is 0.284 e. The van der Waals surface area contributed by atoms with E-state index in [2.05, 4.69) is 0 Å². The number of hydrogen-bond donors (Lipinski definition) is 2. The van der Waals surface area contributed by atoms with Gasteiger partial charge in [0.1, 0.15) is 0 Å². The highest BCUT2D eigenvalue weighted by Gasteiger charge is 2.56. The van der Waals surface area contributed by atoms with E-state index < -0.39 is 30.5 Å². The van der Waals surface area contributed by atoms with Crippen LogP contribution in [0.5, 0.6) is 0 Å². The van der Waals surface area contributed by atoms with E-state index in [1.54, 1.807) is 35.2 Å². The number of amides is 2. The molecule has 0 saturated carbocycles. The van der Waals surface area contributed by atoms with E-state index in [9.17, 15) is 28.6 Å². The maximum Gasteiger partial charge on any atom is 0.284 e. The van der Waals surface area contributed by atoms with Crippen molar-refractivity contribution in [3.63, 3.8) is 0 Å². The molecule has 192 valence electrons. The van der Waals surface area contributed by atoms with Crippen molar-refractivity contribution < 1.29 is 28.6 Å². The van der Waals surface area contributed by atoms with Crippen LogP contribution in [0.2, 0.25) is 5.02 Å². The molecule has 5 rings (SSSR count). The number of benzene rings is 3. The Morgan fingerprint density at radius 1 is 1.08 bits per heavy atom. The molecule has 2 aliphatic rings. The average molecular weight is 527 g/mol. The van der Waals surface area contributed by atoms with Gasteiger partial charge in [-0.05, 0) is 73.0 Å². The van der Waals surface area contributed by atoms with E-state index in [-0.39, 0.29) is 34.3 Å². The van der Waals surface area contributed by atoms with Gasteiger partial charge in [0.25, 0.3) is 17.7 Å². The van der Waals surface area contributed by atoms with E-state index in [0.717, 1.165) is 22.1 Å². The molecule has 9 heteroatoms. The lowest BCUT2D eigenvalue weighted by Crippen LogP contribution is -2.48. The standard InChI is InChI=1S/C28H25ClF2N2O4/c1-17-3-2-4-22-21(17)11-13-32(26(22)36)20-8-5-18(6-9-20)25(35)33-14-12-28(30,31)27(37,16-34)23-15-19(29)7-10-24(23)33/h2-10,15,34,37H,11-14,16H2,1H3/t27-/m0/s1. The Bertz CT molecular complexity index is 1400. The van der Waals surface area contributed by atoms with Crippen LogP contribution in [-0.2, 0) is 12.0 Å². The summed E-state index contributed by atoms with van der Waals surface area (Å²) in [6, 6.07) is 16.0. The maximum atomic E-state index is 15.0. The molecule has 37 heavy (non-hydrogen) atoms. The van der Waals surface area contributed by atoms with Gasteiger partial charge in [0.05, 0.1) is 12.3 Å². The quantitative estimate of drug-likeness (QED) is 0.517. The maximum absolute atomic E-state index is 15.0. The van der Waals surface area contributed by atoms with Crippen molar-refractivity contribution in [1.82, 2.24) is 0 Å². The van der Waals surface area contributed by atoms with Crippen molar-refractivity contribution in [3.05, 3.63) is 93.5 Å². The monoisotopic (exact) mass is 526 g/mol. The van der Waals surface area contributed by atoms with Crippen molar-refractivity contribution in [2.45, 2.75) is 31.3 Å². The molecule has 0 aliphatic carbocycles. The van der Waals surface area contributed by atoms with E-state index in [0.29, 0.717) is 24.2 Å². The number of aliphatic hydroxyl groups is 2. The lowest BCUT2D eigenvalue weighted by Gasteiger charge is -2.33. The zero-order valence-corrected chi connectivity index (χ0v) is 20.8. The number of nitrogens with zero attached hydrogens (tertiary/aromatic N) is 2. The lowest BCUT2D eigenvalue weighted by atomic mass is 9.86. The first-order chi connectivity index (χ1) is 17.6. The molecule has 0 spiro atoms. The minimum atomic E-state index is -3.71. The summed E-state index contributed by atoms with van der Waals surface area (Å²) in [6.07, 6.45) is -0.148. The fourth-order valence-electron chi connectivity index (χ4n) is 5.15. The first-order valence-electron chi connectivity index (χ1n) is 11.9. The van der Waals surface area contributed by atoms with Crippen LogP contribution in [0.1, 0.15) is 43.8 Å². The minimum Gasteiger partial charge on any atom is -0.393 e. The van der Waals surface area contributed by atoms with Gasteiger partial charge in [-0.1, -0.05) is 23.7 Å². The van der Waals surface area contributed by atoms with Crippen molar-refractivity contribution in [2.75, 3.05) is 29.5 Å². The van der Waals surface area contributed by atoms with Gasteiger partial charge in [-0.15, -0.1) is 0 Å². The minimum absolute atomic E-state index is 0.0467. The Balaban J connectivity index is 1.46. The Hall–Kier alpha value is -3.33. The Morgan fingerprint density at radius 2 is 1.81 bits per heavy atom. The molecule has 0 bridgehead atoms. The van der Waals surface area contributed by atoms with Crippen LogP contribution in [0.3, 0.4) is 0 Å². The summed E-state index contributed by atoms with van der Waals surface area (Å²) < 4.78 is 29.9. The van der Waals surface area contributed by atoms with Gasteiger partial charge in [0.15, 0.2) is 5.60 Å². The average Bonchev–Trinajstić information content (AvgIpc) is 2.97. The van der Waals surface area contributed by atoms with Crippen molar-refractivity contribution in [3.8, 4) is 0 Å². The van der Waals surface area contributed by atoms with Crippen molar-refractivity contribution in [1.29, 1.82) is 0 Å². The largest absolute Gasteiger partial charge is 0.393 e. The summed E-state index contributed by atoms with van der Waals surface area (Å²) in [5.41, 5.74) is 0.451. The molecule has 6 nitrogen and oxygen atoms in total. The number of carbonyl (C=O) groups excluding carboxylic acids is 2. The summed E-state index contributed by atoms with van der Waals surface area (Å²) in [6.45, 7) is 0.856.